The Morgan fingerprint density at radius 2 is 2.08 bits per heavy atom. The highest BCUT2D eigenvalue weighted by molar-refractivity contribution is 6.61. The number of epoxide rings is 1. The monoisotopic (exact) mass is 198 g/mol. The van der Waals surface area contributed by atoms with Gasteiger partial charge in [0.25, 0.3) is 0 Å². The highest BCUT2D eigenvalue weighted by atomic mass is 28.2. The van der Waals surface area contributed by atoms with Crippen molar-refractivity contribution in [3.05, 3.63) is 12.7 Å². The summed E-state index contributed by atoms with van der Waals surface area (Å²) in [5.74, 6) is -0.335. The lowest BCUT2D eigenvalue weighted by Gasteiger charge is -2.10. The molecule has 2 aliphatic heterocycles. The molecule has 2 fully saturated rings. The molecule has 3 nitrogen and oxygen atoms in total. The van der Waals surface area contributed by atoms with E-state index in [0.29, 0.717) is 0 Å². The lowest BCUT2D eigenvalue weighted by Crippen LogP contribution is -2.23. The van der Waals surface area contributed by atoms with Crippen molar-refractivity contribution in [2.24, 2.45) is 0 Å². The van der Waals surface area contributed by atoms with Crippen molar-refractivity contribution in [1.82, 2.24) is 0 Å². The molecule has 2 heterocycles. The van der Waals surface area contributed by atoms with Crippen LogP contribution in [0.15, 0.2) is 12.7 Å². The van der Waals surface area contributed by atoms with E-state index >= 15 is 0 Å². The first kappa shape index (κ1) is 8.96. The van der Waals surface area contributed by atoms with Gasteiger partial charge in [0.1, 0.15) is 20.0 Å². The van der Waals surface area contributed by atoms with Crippen molar-refractivity contribution in [3.63, 3.8) is 0 Å². The Morgan fingerprint density at radius 1 is 1.54 bits per heavy atom. The van der Waals surface area contributed by atoms with Crippen molar-refractivity contribution >= 4 is 15.5 Å². The van der Waals surface area contributed by atoms with Gasteiger partial charge in [-0.05, 0) is 20.8 Å². The minimum atomic E-state index is -0.446. The third-order valence-corrected chi connectivity index (χ3v) is 6.30. The fourth-order valence-corrected chi connectivity index (χ4v) is 4.72. The van der Waals surface area contributed by atoms with Crippen LogP contribution in [0.5, 0.6) is 0 Å². The minimum absolute atomic E-state index is 0.0708. The van der Waals surface area contributed by atoms with Gasteiger partial charge >= 0.3 is 5.97 Å². The number of carbonyl (C=O) groups is 1. The van der Waals surface area contributed by atoms with Crippen LogP contribution in [-0.4, -0.2) is 31.5 Å². The lowest BCUT2D eigenvalue weighted by molar-refractivity contribution is -0.143. The third kappa shape index (κ3) is 0.957. The summed E-state index contributed by atoms with van der Waals surface area (Å²) in [6.07, 6.45) is 1.21. The quantitative estimate of drug-likeness (QED) is 0.274. The summed E-state index contributed by atoms with van der Waals surface area (Å²) >= 11 is 0. The zero-order valence-corrected chi connectivity index (χ0v) is 9.63. The van der Waals surface area contributed by atoms with Crippen LogP contribution in [0, 0.1) is 0 Å². The summed E-state index contributed by atoms with van der Waals surface area (Å²) in [5, 5.41) is -0.361. The zero-order valence-electron chi connectivity index (χ0n) is 8.22. The highest BCUT2D eigenvalue weighted by Crippen LogP contribution is 2.65. The van der Waals surface area contributed by atoms with Crippen LogP contribution in [0.1, 0.15) is 20.8 Å². The molecule has 0 bridgehead atoms. The van der Waals surface area contributed by atoms with Crippen molar-refractivity contribution in [1.29, 1.82) is 0 Å². The highest BCUT2D eigenvalue weighted by Gasteiger charge is 2.87. The first-order valence-corrected chi connectivity index (χ1v) is 5.84. The van der Waals surface area contributed by atoms with Crippen LogP contribution in [0.4, 0.5) is 0 Å². The molecule has 13 heavy (non-hydrogen) atoms. The van der Waals surface area contributed by atoms with Gasteiger partial charge in [-0.3, -0.25) is 0 Å². The Labute approximate surface area is 79.9 Å². The number of carbonyl (C=O) groups excluding carboxylic acids is 1. The molecular weight excluding hydrogens is 184 g/mol. The van der Waals surface area contributed by atoms with Crippen LogP contribution in [0.25, 0.3) is 0 Å². The molecule has 0 aromatic rings. The second-order valence-corrected chi connectivity index (χ2v) is 7.17. The molecule has 0 saturated carbocycles. The zero-order chi connectivity index (χ0) is 9.91. The molecule has 0 radical (unpaired) electrons. The van der Waals surface area contributed by atoms with E-state index in [9.17, 15) is 4.79 Å². The summed E-state index contributed by atoms with van der Waals surface area (Å²) < 4.78 is 10.9. The first-order chi connectivity index (χ1) is 5.87. The molecule has 4 heteroatoms. The van der Waals surface area contributed by atoms with E-state index in [1.807, 2.05) is 20.8 Å². The molecule has 2 unspecified atom stereocenters. The Bertz CT molecular complexity index is 299. The van der Waals surface area contributed by atoms with E-state index in [4.69, 9.17) is 9.47 Å². The number of esters is 1. The molecule has 0 N–H and O–H groups in total. The normalized spacial score (nSPS) is 46.1. The van der Waals surface area contributed by atoms with E-state index in [0.717, 1.165) is 0 Å². The van der Waals surface area contributed by atoms with Crippen molar-refractivity contribution in [2.45, 2.75) is 36.8 Å². The van der Waals surface area contributed by atoms with Gasteiger partial charge in [0.2, 0.25) is 0 Å². The van der Waals surface area contributed by atoms with Gasteiger partial charge in [-0.25, -0.2) is 4.79 Å². The molecule has 72 valence electrons. The Kier molecular flexibility index (Phi) is 1.42. The van der Waals surface area contributed by atoms with Gasteiger partial charge in [-0.15, -0.1) is 0 Å². The molecule has 1 spiro atoms. The van der Waals surface area contributed by atoms with Crippen LogP contribution < -0.4 is 0 Å². The molecule has 0 amide bonds. The van der Waals surface area contributed by atoms with Gasteiger partial charge in [-0.1, -0.05) is 6.58 Å². The Hall–Kier alpha value is -0.613. The van der Waals surface area contributed by atoms with E-state index in [2.05, 4.69) is 6.58 Å². The maximum absolute atomic E-state index is 11.0. The van der Waals surface area contributed by atoms with Gasteiger partial charge in [0.05, 0.1) is 5.60 Å². The van der Waals surface area contributed by atoms with Gasteiger partial charge in [0, 0.05) is 6.08 Å². The number of rotatable bonds is 2. The minimum Gasteiger partial charge on any atom is -0.458 e. The van der Waals surface area contributed by atoms with Crippen LogP contribution in [0.2, 0.25) is 0 Å². The predicted molar refractivity (Wildman–Crippen MR) is 51.1 cm³/mol. The number of hydrogen-bond donors (Lipinski definition) is 0. The van der Waals surface area contributed by atoms with Gasteiger partial charge in [-0.2, -0.15) is 0 Å². The van der Waals surface area contributed by atoms with Crippen molar-refractivity contribution < 1.29 is 14.3 Å². The number of ether oxygens (including phenoxy) is 2. The molecule has 0 aliphatic carbocycles. The Morgan fingerprint density at radius 3 is 2.38 bits per heavy atom. The molecule has 2 saturated heterocycles. The second-order valence-electron chi connectivity index (χ2n) is 4.47. The van der Waals surface area contributed by atoms with E-state index in [-0.39, 0.29) is 22.0 Å². The molecular formula is C9H14O3Si. The summed E-state index contributed by atoms with van der Waals surface area (Å²) in [4.78, 5) is 11.0. The first-order valence-electron chi connectivity index (χ1n) is 4.42. The second kappa shape index (κ2) is 2.07. The van der Waals surface area contributed by atoms with E-state index < -0.39 is 9.52 Å². The van der Waals surface area contributed by atoms with Crippen LogP contribution in [0.3, 0.4) is 0 Å². The maximum atomic E-state index is 11.0. The van der Waals surface area contributed by atoms with Crippen LogP contribution in [-0.2, 0) is 14.3 Å². The molecule has 2 aliphatic rings. The summed E-state index contributed by atoms with van der Waals surface area (Å²) in [6.45, 7) is 9.44. The van der Waals surface area contributed by atoms with Crippen molar-refractivity contribution in [2.75, 3.05) is 0 Å². The lowest BCUT2D eigenvalue weighted by atomic mass is 10.1. The summed E-state index contributed by atoms with van der Waals surface area (Å²) in [7, 11) is -0.446. The topological polar surface area (TPSA) is 38.8 Å². The smallest absolute Gasteiger partial charge is 0.330 e. The Balaban J connectivity index is 2.05. The van der Waals surface area contributed by atoms with Gasteiger partial charge < -0.3 is 9.47 Å². The standard InChI is InChI=1S/C9H14O3Si/c1-5-6(10)11-8(4)9(13-8)7(2,3)12-9/h5H,1,13H2,2-4H3. The molecule has 0 aromatic heterocycles. The third-order valence-electron chi connectivity index (χ3n) is 3.17. The number of hydrogen-bond acceptors (Lipinski definition) is 3. The largest absolute Gasteiger partial charge is 0.458 e. The fourth-order valence-electron chi connectivity index (χ4n) is 2.22. The van der Waals surface area contributed by atoms with Crippen LogP contribution >= 0.6 is 0 Å². The summed E-state index contributed by atoms with van der Waals surface area (Å²) in [6, 6.07) is 0. The SMILES string of the molecule is C=CC(=O)OC1(C)[SiH2]C12OC2(C)C. The maximum Gasteiger partial charge on any atom is 0.330 e. The molecule has 0 aromatic carbocycles. The molecule has 2 rings (SSSR count). The predicted octanol–water partition coefficient (Wildman–Crippen LogP) is 0.119. The van der Waals surface area contributed by atoms with Gasteiger partial charge in [0.15, 0.2) is 0 Å². The average Bonchev–Trinajstić information content (AvgIpc) is 2.72. The van der Waals surface area contributed by atoms with Crippen molar-refractivity contribution in [3.8, 4) is 0 Å². The molecule has 2 atom stereocenters. The van der Waals surface area contributed by atoms with E-state index in [1.54, 1.807) is 0 Å². The fraction of sp³-hybridized carbons (Fsp3) is 0.667. The van der Waals surface area contributed by atoms with E-state index in [1.165, 1.54) is 6.08 Å². The average molecular weight is 198 g/mol. The summed E-state index contributed by atoms with van der Waals surface area (Å²) in [5.41, 5.74) is -0.0740.